The van der Waals surface area contributed by atoms with Crippen molar-refractivity contribution in [3.8, 4) is 17.0 Å². The lowest BCUT2D eigenvalue weighted by Crippen LogP contribution is -2.19. The lowest BCUT2D eigenvalue weighted by Gasteiger charge is -2.11. The smallest absolute Gasteiger partial charge is 0.261 e. The lowest BCUT2D eigenvalue weighted by atomic mass is 10.1. The van der Waals surface area contributed by atoms with Crippen LogP contribution in [0.3, 0.4) is 0 Å². The number of hydrogen-bond acceptors (Lipinski definition) is 6. The average Bonchev–Trinajstić information content (AvgIpc) is 3.20. The highest BCUT2D eigenvalue weighted by atomic mass is 19.1. The Morgan fingerprint density at radius 1 is 1.18 bits per heavy atom. The number of likely N-dealkylation sites (N-methyl/N-ethyl adjacent to an activating group) is 1. The van der Waals surface area contributed by atoms with Gasteiger partial charge in [0.15, 0.2) is 11.5 Å². The van der Waals surface area contributed by atoms with Crippen LogP contribution in [0.25, 0.3) is 22.3 Å². The highest BCUT2D eigenvalue weighted by Gasteiger charge is 2.20. The van der Waals surface area contributed by atoms with Crippen molar-refractivity contribution >= 4 is 28.3 Å². The molecular weight excluding hydrogens is 430 g/mol. The van der Waals surface area contributed by atoms with Crippen LogP contribution in [0.15, 0.2) is 48.7 Å². The summed E-state index contributed by atoms with van der Waals surface area (Å²) in [7, 11) is 3.95. The van der Waals surface area contributed by atoms with Gasteiger partial charge >= 0.3 is 0 Å². The highest BCUT2D eigenvalue weighted by Crippen LogP contribution is 2.29. The first-order chi connectivity index (χ1) is 15.8. The number of nitrogens with one attached hydrogen (secondary N) is 2. The van der Waals surface area contributed by atoms with E-state index in [1.165, 1.54) is 6.20 Å². The zero-order valence-corrected chi connectivity index (χ0v) is 18.0. The maximum absolute atomic E-state index is 14.2. The molecule has 0 fully saturated rings. The van der Waals surface area contributed by atoms with Gasteiger partial charge in [-0.1, -0.05) is 0 Å². The number of benzene rings is 2. The number of H-pyrrole nitrogens is 1. The van der Waals surface area contributed by atoms with Gasteiger partial charge in [-0.25, -0.2) is 13.8 Å². The van der Waals surface area contributed by atoms with Crippen molar-refractivity contribution in [1.29, 1.82) is 0 Å². The van der Waals surface area contributed by atoms with E-state index in [0.29, 0.717) is 23.3 Å². The third-order valence-corrected chi connectivity index (χ3v) is 4.97. The summed E-state index contributed by atoms with van der Waals surface area (Å²) in [6.07, 6.45) is 1.36. The number of anilines is 2. The number of nitrogens with zero attached hydrogens (tertiary/aromatic N) is 3. The Hall–Kier alpha value is -4.05. The van der Waals surface area contributed by atoms with Gasteiger partial charge in [-0.2, -0.15) is 5.10 Å². The fourth-order valence-corrected chi connectivity index (χ4v) is 3.22. The number of carbonyl (C=O) groups excluding carboxylic acids is 1. The molecule has 2 aromatic heterocycles. The Kier molecular flexibility index (Phi) is 6.18. The van der Waals surface area contributed by atoms with Crippen molar-refractivity contribution in [3.63, 3.8) is 0 Å². The molecule has 0 bridgehead atoms. The predicted octanol–water partition coefficient (Wildman–Crippen LogP) is 3.68. The lowest BCUT2D eigenvalue weighted by molar-refractivity contribution is 0.101. The van der Waals surface area contributed by atoms with Crippen molar-refractivity contribution < 1.29 is 18.3 Å². The SMILES string of the molecule is CN(C)CCOc1ccc(-c2[nH]nc3ncc(NC(=O)c4c(F)ccc(N)c4F)cc23)cc1. The minimum Gasteiger partial charge on any atom is -0.492 e. The second-order valence-electron chi connectivity index (χ2n) is 7.65. The molecule has 0 spiro atoms. The summed E-state index contributed by atoms with van der Waals surface area (Å²) < 4.78 is 33.9. The number of amides is 1. The highest BCUT2D eigenvalue weighted by molar-refractivity contribution is 6.06. The molecule has 0 saturated heterocycles. The second kappa shape index (κ2) is 9.21. The molecule has 0 aliphatic heterocycles. The quantitative estimate of drug-likeness (QED) is 0.369. The van der Waals surface area contributed by atoms with Crippen LogP contribution < -0.4 is 15.8 Å². The fraction of sp³-hybridized carbons (Fsp3) is 0.174. The normalized spacial score (nSPS) is 11.2. The summed E-state index contributed by atoms with van der Waals surface area (Å²) in [5.74, 6) is -2.35. The monoisotopic (exact) mass is 452 g/mol. The van der Waals surface area contributed by atoms with E-state index in [9.17, 15) is 13.6 Å². The van der Waals surface area contributed by atoms with Crippen molar-refractivity contribution in [2.45, 2.75) is 0 Å². The van der Waals surface area contributed by atoms with E-state index in [1.54, 1.807) is 6.07 Å². The van der Waals surface area contributed by atoms with Crippen LogP contribution >= 0.6 is 0 Å². The van der Waals surface area contributed by atoms with Crippen LogP contribution in [0.1, 0.15) is 10.4 Å². The first-order valence-electron chi connectivity index (χ1n) is 10.1. The van der Waals surface area contributed by atoms with E-state index in [1.807, 2.05) is 43.3 Å². The largest absolute Gasteiger partial charge is 0.492 e. The van der Waals surface area contributed by atoms with E-state index in [0.717, 1.165) is 30.0 Å². The summed E-state index contributed by atoms with van der Waals surface area (Å²) in [6.45, 7) is 1.37. The molecule has 33 heavy (non-hydrogen) atoms. The molecule has 0 saturated carbocycles. The number of halogens is 2. The number of fused-ring (bicyclic) bond motifs is 1. The third-order valence-electron chi connectivity index (χ3n) is 4.97. The molecule has 4 aromatic rings. The number of nitrogens with two attached hydrogens (primary N) is 1. The van der Waals surface area contributed by atoms with Gasteiger partial charge in [0.1, 0.15) is 23.7 Å². The molecule has 1 amide bonds. The maximum Gasteiger partial charge on any atom is 0.261 e. The predicted molar refractivity (Wildman–Crippen MR) is 122 cm³/mol. The topological polar surface area (TPSA) is 109 Å². The molecule has 2 aromatic carbocycles. The van der Waals surface area contributed by atoms with Gasteiger partial charge in [0.05, 0.1) is 23.3 Å². The molecule has 10 heteroatoms. The number of hydrogen-bond donors (Lipinski definition) is 3. The first-order valence-corrected chi connectivity index (χ1v) is 10.1. The molecule has 0 aliphatic rings. The van der Waals surface area contributed by atoms with Crippen molar-refractivity contribution in [2.75, 3.05) is 38.3 Å². The van der Waals surface area contributed by atoms with Gasteiger partial charge in [-0.3, -0.25) is 9.89 Å². The Bertz CT molecular complexity index is 1300. The number of ether oxygens (including phenoxy) is 1. The van der Waals surface area contributed by atoms with Gasteiger partial charge in [0, 0.05) is 17.5 Å². The Morgan fingerprint density at radius 3 is 2.67 bits per heavy atom. The molecule has 170 valence electrons. The summed E-state index contributed by atoms with van der Waals surface area (Å²) in [5, 5.41) is 10.2. The molecule has 0 atom stereocenters. The van der Waals surface area contributed by atoms with Gasteiger partial charge in [0.2, 0.25) is 0 Å². The Balaban J connectivity index is 1.57. The molecule has 0 unspecified atom stereocenters. The number of rotatable bonds is 7. The van der Waals surface area contributed by atoms with E-state index in [2.05, 4.69) is 20.5 Å². The van der Waals surface area contributed by atoms with Crippen LogP contribution in [-0.4, -0.2) is 53.2 Å². The Labute approximate surface area is 188 Å². The zero-order valence-electron chi connectivity index (χ0n) is 18.0. The standard InChI is InChI=1S/C23H22F2N6O2/c1-31(2)9-10-33-15-5-3-13(4-6-15)21-16-11-14(12-27-22(16)30-29-21)28-23(32)19-17(24)7-8-18(26)20(19)25/h3-8,11-12H,9-10,26H2,1-2H3,(H,28,32)(H,27,29,30). The zero-order chi connectivity index (χ0) is 23.5. The van der Waals surface area contributed by atoms with Crippen molar-refractivity contribution in [1.82, 2.24) is 20.1 Å². The van der Waals surface area contributed by atoms with E-state index >= 15 is 0 Å². The van der Waals surface area contributed by atoms with Crippen LogP contribution in [0.5, 0.6) is 5.75 Å². The van der Waals surface area contributed by atoms with Gasteiger partial charge < -0.3 is 20.7 Å². The van der Waals surface area contributed by atoms with E-state index in [-0.39, 0.29) is 11.4 Å². The molecular formula is C23H22F2N6O2. The van der Waals surface area contributed by atoms with Gasteiger partial charge in [-0.15, -0.1) is 0 Å². The van der Waals surface area contributed by atoms with Gasteiger partial charge in [-0.05, 0) is 56.6 Å². The van der Waals surface area contributed by atoms with Crippen LogP contribution in [0.4, 0.5) is 20.2 Å². The van der Waals surface area contributed by atoms with Crippen LogP contribution in [-0.2, 0) is 0 Å². The number of pyridine rings is 1. The second-order valence-corrected chi connectivity index (χ2v) is 7.65. The average molecular weight is 452 g/mol. The van der Waals surface area contributed by atoms with Crippen molar-refractivity contribution in [3.05, 3.63) is 65.9 Å². The summed E-state index contributed by atoms with van der Waals surface area (Å²) in [6, 6.07) is 11.1. The third kappa shape index (κ3) is 4.75. The Morgan fingerprint density at radius 2 is 1.94 bits per heavy atom. The first kappa shape index (κ1) is 22.2. The summed E-state index contributed by atoms with van der Waals surface area (Å²) in [5.41, 5.74) is 6.56. The fourth-order valence-electron chi connectivity index (χ4n) is 3.22. The summed E-state index contributed by atoms with van der Waals surface area (Å²) in [4.78, 5) is 18.7. The molecule has 4 N–H and O–H groups in total. The number of aromatic nitrogens is 3. The molecule has 4 rings (SSSR count). The molecule has 0 aliphatic carbocycles. The number of carbonyl (C=O) groups is 1. The minimum atomic E-state index is -1.11. The molecule has 2 heterocycles. The summed E-state index contributed by atoms with van der Waals surface area (Å²) >= 11 is 0. The van der Waals surface area contributed by atoms with Crippen LogP contribution in [0, 0.1) is 11.6 Å². The number of nitrogen functional groups attached to an aromatic ring is 1. The minimum absolute atomic E-state index is 0.250. The maximum atomic E-state index is 14.2. The number of aromatic amines is 1. The molecule has 8 nitrogen and oxygen atoms in total. The van der Waals surface area contributed by atoms with Crippen molar-refractivity contribution in [2.24, 2.45) is 0 Å². The van der Waals surface area contributed by atoms with E-state index < -0.39 is 23.1 Å². The molecule has 0 radical (unpaired) electrons. The van der Waals surface area contributed by atoms with Gasteiger partial charge in [0.25, 0.3) is 5.91 Å². The van der Waals surface area contributed by atoms with E-state index in [4.69, 9.17) is 10.5 Å². The van der Waals surface area contributed by atoms with Crippen LogP contribution in [0.2, 0.25) is 0 Å².